The van der Waals surface area contributed by atoms with E-state index in [0.29, 0.717) is 5.15 Å². The predicted molar refractivity (Wildman–Crippen MR) is 84.2 cm³/mol. The summed E-state index contributed by atoms with van der Waals surface area (Å²) >= 11 is 5.94. The van der Waals surface area contributed by atoms with Gasteiger partial charge in [0, 0.05) is 13.1 Å². The van der Waals surface area contributed by atoms with Gasteiger partial charge in [-0.25, -0.2) is 4.98 Å². The van der Waals surface area contributed by atoms with Gasteiger partial charge in [-0.15, -0.1) is 0 Å². The molecule has 20 heavy (non-hydrogen) atoms. The number of aromatic nitrogens is 2. The lowest BCUT2D eigenvalue weighted by molar-refractivity contribution is 0.723. The first-order valence-electron chi connectivity index (χ1n) is 6.48. The van der Waals surface area contributed by atoms with E-state index >= 15 is 0 Å². The number of nitrogen functional groups attached to an aromatic ring is 1. The van der Waals surface area contributed by atoms with Crippen molar-refractivity contribution in [2.45, 2.75) is 26.8 Å². The molecule has 2 aromatic rings. The van der Waals surface area contributed by atoms with Crippen molar-refractivity contribution in [2.75, 3.05) is 17.7 Å². The van der Waals surface area contributed by atoms with Crippen LogP contribution in [0.15, 0.2) is 24.3 Å². The Balaban J connectivity index is 2.34. The average molecular weight is 291 g/mol. The van der Waals surface area contributed by atoms with E-state index in [1.54, 1.807) is 6.07 Å². The summed E-state index contributed by atoms with van der Waals surface area (Å²) in [5.41, 5.74) is 9.43. The zero-order valence-corrected chi connectivity index (χ0v) is 12.9. The molecule has 0 amide bonds. The van der Waals surface area contributed by atoms with Crippen LogP contribution >= 0.6 is 11.6 Å². The van der Waals surface area contributed by atoms with Crippen molar-refractivity contribution in [3.8, 4) is 0 Å². The highest BCUT2D eigenvalue weighted by Gasteiger charge is 2.16. The van der Waals surface area contributed by atoms with E-state index in [-0.39, 0.29) is 12.0 Å². The molecule has 0 aliphatic carbocycles. The molecular weight excluding hydrogens is 272 g/mol. The lowest BCUT2D eigenvalue weighted by Crippen LogP contribution is -2.23. The predicted octanol–water partition coefficient (Wildman–Crippen LogP) is 3.53. The highest BCUT2D eigenvalue weighted by molar-refractivity contribution is 6.29. The third kappa shape index (κ3) is 3.02. The molecule has 0 radical (unpaired) electrons. The zero-order valence-electron chi connectivity index (χ0n) is 12.2. The molecule has 4 nitrogen and oxygen atoms in total. The number of halogens is 1. The number of benzene rings is 1. The minimum absolute atomic E-state index is 0.168. The molecule has 1 unspecified atom stereocenters. The molecule has 1 heterocycles. The topological polar surface area (TPSA) is 55.0 Å². The summed E-state index contributed by atoms with van der Waals surface area (Å²) in [5.74, 6) is 0.905. The fraction of sp³-hybridized carbons (Fsp3) is 0.333. The number of aryl methyl sites for hydroxylation is 2. The van der Waals surface area contributed by atoms with E-state index < -0.39 is 0 Å². The van der Waals surface area contributed by atoms with Crippen LogP contribution in [-0.4, -0.2) is 17.0 Å². The van der Waals surface area contributed by atoms with Gasteiger partial charge in [0.05, 0.1) is 6.04 Å². The van der Waals surface area contributed by atoms with E-state index in [2.05, 4.69) is 48.9 Å². The van der Waals surface area contributed by atoms with Crippen LogP contribution in [0.4, 0.5) is 11.8 Å². The first-order chi connectivity index (χ1) is 9.38. The smallest absolute Gasteiger partial charge is 0.223 e. The van der Waals surface area contributed by atoms with Gasteiger partial charge in [0.2, 0.25) is 5.95 Å². The van der Waals surface area contributed by atoms with Gasteiger partial charge in [-0.1, -0.05) is 35.4 Å². The summed E-state index contributed by atoms with van der Waals surface area (Å²) in [4.78, 5) is 10.2. The van der Waals surface area contributed by atoms with Gasteiger partial charge in [0.15, 0.2) is 0 Å². The first kappa shape index (κ1) is 14.6. The van der Waals surface area contributed by atoms with Crippen LogP contribution in [0.3, 0.4) is 0 Å². The van der Waals surface area contributed by atoms with E-state index in [0.717, 1.165) is 5.82 Å². The molecule has 0 saturated heterocycles. The molecule has 1 aromatic heterocycles. The Labute approximate surface area is 124 Å². The molecule has 0 spiro atoms. The summed E-state index contributed by atoms with van der Waals surface area (Å²) in [7, 11) is 1.97. The van der Waals surface area contributed by atoms with Crippen LogP contribution in [0.5, 0.6) is 0 Å². The largest absolute Gasteiger partial charge is 0.368 e. The van der Waals surface area contributed by atoms with Crippen LogP contribution in [0.2, 0.25) is 5.15 Å². The molecule has 0 fully saturated rings. The summed E-state index contributed by atoms with van der Waals surface area (Å²) < 4.78 is 0. The summed E-state index contributed by atoms with van der Waals surface area (Å²) in [6.45, 7) is 6.34. The van der Waals surface area contributed by atoms with Crippen molar-refractivity contribution < 1.29 is 0 Å². The Morgan fingerprint density at radius 3 is 2.50 bits per heavy atom. The molecule has 0 saturated carbocycles. The van der Waals surface area contributed by atoms with E-state index in [4.69, 9.17) is 17.3 Å². The van der Waals surface area contributed by atoms with E-state index in [1.807, 2.05) is 11.9 Å². The molecule has 2 N–H and O–H groups in total. The first-order valence-corrected chi connectivity index (χ1v) is 6.86. The molecule has 0 aliphatic rings. The second kappa shape index (κ2) is 5.67. The molecule has 5 heteroatoms. The molecule has 0 bridgehead atoms. The lowest BCUT2D eigenvalue weighted by Gasteiger charge is -2.27. The second-order valence-corrected chi connectivity index (χ2v) is 5.44. The normalized spacial score (nSPS) is 12.2. The SMILES string of the molecule is Cc1ccc(C(C)N(C)c2cc(Cl)nc(N)n2)c(C)c1. The van der Waals surface area contributed by atoms with Crippen molar-refractivity contribution in [3.63, 3.8) is 0 Å². The van der Waals surface area contributed by atoms with Crippen molar-refractivity contribution in [2.24, 2.45) is 0 Å². The highest BCUT2D eigenvalue weighted by atomic mass is 35.5. The number of nitrogens with zero attached hydrogens (tertiary/aromatic N) is 3. The quantitative estimate of drug-likeness (QED) is 0.879. The highest BCUT2D eigenvalue weighted by Crippen LogP contribution is 2.28. The van der Waals surface area contributed by atoms with Gasteiger partial charge in [-0.2, -0.15) is 4.98 Å². The maximum Gasteiger partial charge on any atom is 0.223 e. The summed E-state index contributed by atoms with van der Waals surface area (Å²) in [5, 5.41) is 0.354. The van der Waals surface area contributed by atoms with Crippen molar-refractivity contribution in [1.82, 2.24) is 9.97 Å². The van der Waals surface area contributed by atoms with Gasteiger partial charge in [0.25, 0.3) is 0 Å². The third-order valence-electron chi connectivity index (χ3n) is 3.52. The third-order valence-corrected chi connectivity index (χ3v) is 3.71. The molecular formula is C15H19ClN4. The Morgan fingerprint density at radius 1 is 1.20 bits per heavy atom. The Hall–Kier alpha value is -1.81. The van der Waals surface area contributed by atoms with Crippen LogP contribution in [0, 0.1) is 13.8 Å². The fourth-order valence-corrected chi connectivity index (χ4v) is 2.49. The minimum Gasteiger partial charge on any atom is -0.368 e. The van der Waals surface area contributed by atoms with Crippen molar-refractivity contribution in [3.05, 3.63) is 46.1 Å². The van der Waals surface area contributed by atoms with Gasteiger partial charge < -0.3 is 10.6 Å². The maximum absolute atomic E-state index is 5.94. The Kier molecular flexibility index (Phi) is 4.14. The Morgan fingerprint density at radius 2 is 1.90 bits per heavy atom. The fourth-order valence-electron chi connectivity index (χ4n) is 2.30. The van der Waals surface area contributed by atoms with Crippen molar-refractivity contribution in [1.29, 1.82) is 0 Å². The summed E-state index contributed by atoms with van der Waals surface area (Å²) in [6.07, 6.45) is 0. The van der Waals surface area contributed by atoms with Crippen LogP contribution in [-0.2, 0) is 0 Å². The van der Waals surface area contributed by atoms with E-state index in [1.165, 1.54) is 16.7 Å². The van der Waals surface area contributed by atoms with Crippen molar-refractivity contribution >= 4 is 23.4 Å². The maximum atomic E-state index is 5.94. The second-order valence-electron chi connectivity index (χ2n) is 5.05. The lowest BCUT2D eigenvalue weighted by atomic mass is 9.99. The number of rotatable bonds is 3. The average Bonchev–Trinajstić information content (AvgIpc) is 2.36. The van der Waals surface area contributed by atoms with Gasteiger partial charge in [0.1, 0.15) is 11.0 Å². The number of anilines is 2. The van der Waals surface area contributed by atoms with Crippen LogP contribution in [0.25, 0.3) is 0 Å². The number of hydrogen-bond donors (Lipinski definition) is 1. The van der Waals surface area contributed by atoms with Gasteiger partial charge in [-0.3, -0.25) is 0 Å². The van der Waals surface area contributed by atoms with Gasteiger partial charge in [-0.05, 0) is 31.9 Å². The molecule has 1 aromatic carbocycles. The van der Waals surface area contributed by atoms with Crippen LogP contribution < -0.4 is 10.6 Å². The van der Waals surface area contributed by atoms with E-state index in [9.17, 15) is 0 Å². The standard InChI is InChI=1S/C15H19ClN4/c1-9-5-6-12(10(2)7-9)11(3)20(4)14-8-13(16)18-15(17)19-14/h5-8,11H,1-4H3,(H2,17,18,19). The van der Waals surface area contributed by atoms with Crippen LogP contribution in [0.1, 0.15) is 29.7 Å². The minimum atomic E-state index is 0.168. The molecule has 2 rings (SSSR count). The number of hydrogen-bond acceptors (Lipinski definition) is 4. The molecule has 1 atom stereocenters. The molecule has 106 valence electrons. The monoisotopic (exact) mass is 290 g/mol. The molecule has 0 aliphatic heterocycles. The van der Waals surface area contributed by atoms with Gasteiger partial charge >= 0.3 is 0 Å². The zero-order chi connectivity index (χ0) is 14.9. The number of nitrogens with two attached hydrogens (primary N) is 1. The Bertz CT molecular complexity index is 607. The summed E-state index contributed by atoms with van der Waals surface area (Å²) in [6, 6.07) is 8.34.